The molecule has 0 radical (unpaired) electrons. The molecule has 2 aromatic carbocycles. The molecular weight excluding hydrogens is 422 g/mol. The molecule has 8 nitrogen and oxygen atoms in total. The van der Waals surface area contributed by atoms with E-state index in [1.807, 2.05) is 26.8 Å². The van der Waals surface area contributed by atoms with Crippen molar-refractivity contribution in [1.29, 1.82) is 0 Å². The molecule has 1 aliphatic heterocycles. The number of benzene rings is 2. The van der Waals surface area contributed by atoms with Crippen molar-refractivity contribution in [3.63, 3.8) is 0 Å². The number of fused-ring (bicyclic) bond motifs is 2. The van der Waals surface area contributed by atoms with Crippen LogP contribution in [-0.4, -0.2) is 15.8 Å². The predicted molar refractivity (Wildman–Crippen MR) is 123 cm³/mol. The number of hydrogen-bond acceptors (Lipinski definition) is 6. The summed E-state index contributed by atoms with van der Waals surface area (Å²) in [7, 11) is 0. The number of amides is 1. The number of carbonyl (C=O) groups is 1. The number of anilines is 1. The van der Waals surface area contributed by atoms with E-state index in [9.17, 15) is 19.7 Å². The van der Waals surface area contributed by atoms with Gasteiger partial charge in [0.1, 0.15) is 11.4 Å². The van der Waals surface area contributed by atoms with E-state index in [0.29, 0.717) is 22.4 Å². The number of nitrogens with zero attached hydrogens (tertiary/aromatic N) is 3. The first-order chi connectivity index (χ1) is 15.8. The standard InChI is InChI=1S/C25H19N3O5/c1-13-7-8-20(26-12-13)27-22(16-5-4-6-17(11-16)28(31)32)21-23(29)18-9-14(2)15(3)10-19(18)33-24(21)25(27)30/h4-12,22H,1-3H3. The largest absolute Gasteiger partial charge is 0.450 e. The van der Waals surface area contributed by atoms with Gasteiger partial charge < -0.3 is 4.42 Å². The smallest absolute Gasteiger partial charge is 0.296 e. The third kappa shape index (κ3) is 3.18. The number of pyridine rings is 1. The zero-order valence-corrected chi connectivity index (χ0v) is 18.2. The zero-order valence-electron chi connectivity index (χ0n) is 18.2. The SMILES string of the molecule is Cc1ccc(N2C(=O)c3oc4cc(C)c(C)cc4c(=O)c3C2c2cccc([N+](=O)[O-])c2)nc1. The first-order valence-corrected chi connectivity index (χ1v) is 10.3. The Labute approximate surface area is 188 Å². The highest BCUT2D eigenvalue weighted by Gasteiger charge is 2.44. The summed E-state index contributed by atoms with van der Waals surface area (Å²) in [6.45, 7) is 5.67. The Bertz CT molecular complexity index is 1520. The predicted octanol–water partition coefficient (Wildman–Crippen LogP) is 4.77. The van der Waals surface area contributed by atoms with Crippen LogP contribution in [0.15, 0.2) is 63.9 Å². The van der Waals surface area contributed by atoms with Gasteiger partial charge in [0.15, 0.2) is 5.43 Å². The molecule has 0 spiro atoms. The van der Waals surface area contributed by atoms with E-state index in [2.05, 4.69) is 4.98 Å². The first-order valence-electron chi connectivity index (χ1n) is 10.3. The fourth-order valence-corrected chi connectivity index (χ4v) is 4.19. The molecule has 0 saturated heterocycles. The lowest BCUT2D eigenvalue weighted by atomic mass is 9.97. The fraction of sp³-hybridized carbons (Fsp3) is 0.160. The van der Waals surface area contributed by atoms with Gasteiger partial charge in [-0.1, -0.05) is 18.2 Å². The minimum absolute atomic E-state index is 0.0744. The van der Waals surface area contributed by atoms with Crippen molar-refractivity contribution in [2.75, 3.05) is 4.90 Å². The van der Waals surface area contributed by atoms with Crippen LogP contribution >= 0.6 is 0 Å². The number of rotatable bonds is 3. The van der Waals surface area contributed by atoms with Crippen molar-refractivity contribution in [2.24, 2.45) is 0 Å². The van der Waals surface area contributed by atoms with E-state index < -0.39 is 16.9 Å². The molecule has 1 amide bonds. The minimum Gasteiger partial charge on any atom is -0.450 e. The van der Waals surface area contributed by atoms with Crippen LogP contribution in [0.25, 0.3) is 11.0 Å². The molecule has 0 saturated carbocycles. The zero-order chi connectivity index (χ0) is 23.4. The number of aromatic nitrogens is 1. The quantitative estimate of drug-likeness (QED) is 0.335. The van der Waals surface area contributed by atoms with Crippen LogP contribution in [0.3, 0.4) is 0 Å². The topological polar surface area (TPSA) is 107 Å². The lowest BCUT2D eigenvalue weighted by Crippen LogP contribution is -2.30. The molecular formula is C25H19N3O5. The molecule has 8 heteroatoms. The van der Waals surface area contributed by atoms with Crippen molar-refractivity contribution < 1.29 is 14.1 Å². The Morgan fingerprint density at radius 2 is 1.79 bits per heavy atom. The van der Waals surface area contributed by atoms with E-state index in [-0.39, 0.29) is 22.4 Å². The molecule has 5 rings (SSSR count). The third-order valence-corrected chi connectivity index (χ3v) is 6.03. The van der Waals surface area contributed by atoms with Gasteiger partial charge in [0.25, 0.3) is 11.6 Å². The summed E-state index contributed by atoms with van der Waals surface area (Å²) in [5.41, 5.74) is 3.18. The second-order valence-corrected chi connectivity index (χ2v) is 8.23. The van der Waals surface area contributed by atoms with Gasteiger partial charge >= 0.3 is 0 Å². The molecule has 164 valence electrons. The first kappa shape index (κ1) is 20.6. The number of non-ortho nitro benzene ring substituents is 1. The van der Waals surface area contributed by atoms with E-state index in [1.54, 1.807) is 30.5 Å². The van der Waals surface area contributed by atoms with Gasteiger partial charge in [-0.25, -0.2) is 4.98 Å². The highest BCUT2D eigenvalue weighted by molar-refractivity contribution is 6.10. The van der Waals surface area contributed by atoms with Gasteiger partial charge in [-0.15, -0.1) is 0 Å². The normalized spacial score (nSPS) is 15.2. The maximum Gasteiger partial charge on any atom is 0.296 e. The summed E-state index contributed by atoms with van der Waals surface area (Å²) in [5, 5.41) is 11.8. The van der Waals surface area contributed by atoms with Crippen molar-refractivity contribution in [3.05, 3.63) is 109 Å². The molecule has 2 aromatic heterocycles. The summed E-state index contributed by atoms with van der Waals surface area (Å²) < 4.78 is 5.99. The fourth-order valence-electron chi connectivity index (χ4n) is 4.19. The molecule has 0 aliphatic carbocycles. The van der Waals surface area contributed by atoms with Crippen molar-refractivity contribution in [1.82, 2.24) is 4.98 Å². The average Bonchev–Trinajstić information content (AvgIpc) is 3.08. The molecule has 0 N–H and O–H groups in total. The van der Waals surface area contributed by atoms with Crippen LogP contribution in [-0.2, 0) is 0 Å². The average molecular weight is 441 g/mol. The molecule has 0 fully saturated rings. The van der Waals surface area contributed by atoms with Crippen LogP contribution in [0.2, 0.25) is 0 Å². The lowest BCUT2D eigenvalue weighted by molar-refractivity contribution is -0.384. The number of aryl methyl sites for hydroxylation is 3. The van der Waals surface area contributed by atoms with Gasteiger partial charge in [0.2, 0.25) is 5.76 Å². The van der Waals surface area contributed by atoms with E-state index >= 15 is 0 Å². The Balaban J connectivity index is 1.83. The number of carbonyl (C=O) groups excluding carboxylic acids is 1. The molecule has 33 heavy (non-hydrogen) atoms. The molecule has 1 aliphatic rings. The second-order valence-electron chi connectivity index (χ2n) is 8.23. The maximum absolute atomic E-state index is 13.7. The molecule has 3 heterocycles. The monoisotopic (exact) mass is 441 g/mol. The highest BCUT2D eigenvalue weighted by atomic mass is 16.6. The van der Waals surface area contributed by atoms with Gasteiger partial charge in [-0.05, 0) is 61.2 Å². The van der Waals surface area contributed by atoms with Crippen molar-refractivity contribution in [2.45, 2.75) is 26.8 Å². The Morgan fingerprint density at radius 1 is 1.03 bits per heavy atom. The molecule has 0 bridgehead atoms. The van der Waals surface area contributed by atoms with E-state index in [0.717, 1.165) is 16.7 Å². The summed E-state index contributed by atoms with van der Waals surface area (Å²) in [6, 6.07) is 12.0. The Kier molecular flexibility index (Phi) is 4.59. The van der Waals surface area contributed by atoms with Gasteiger partial charge in [-0.3, -0.25) is 24.6 Å². The van der Waals surface area contributed by atoms with Crippen LogP contribution in [0.1, 0.15) is 44.4 Å². The van der Waals surface area contributed by atoms with Gasteiger partial charge in [-0.2, -0.15) is 0 Å². The van der Waals surface area contributed by atoms with E-state index in [4.69, 9.17) is 4.42 Å². The van der Waals surface area contributed by atoms with Crippen molar-refractivity contribution >= 4 is 28.4 Å². The summed E-state index contributed by atoms with van der Waals surface area (Å²) in [6.07, 6.45) is 1.62. The van der Waals surface area contributed by atoms with Crippen LogP contribution in [0.4, 0.5) is 11.5 Å². The summed E-state index contributed by atoms with van der Waals surface area (Å²) in [4.78, 5) is 43.9. The summed E-state index contributed by atoms with van der Waals surface area (Å²) >= 11 is 0. The molecule has 4 aromatic rings. The van der Waals surface area contributed by atoms with Crippen LogP contribution < -0.4 is 10.3 Å². The summed E-state index contributed by atoms with van der Waals surface area (Å²) in [5.74, 6) is -0.269. The van der Waals surface area contributed by atoms with E-state index in [1.165, 1.54) is 23.1 Å². The third-order valence-electron chi connectivity index (χ3n) is 6.03. The van der Waals surface area contributed by atoms with Crippen LogP contribution in [0.5, 0.6) is 0 Å². The number of nitro benzene ring substituents is 1. The van der Waals surface area contributed by atoms with Gasteiger partial charge in [0, 0.05) is 18.3 Å². The molecule has 1 unspecified atom stereocenters. The lowest BCUT2D eigenvalue weighted by Gasteiger charge is -2.24. The minimum atomic E-state index is -0.912. The highest BCUT2D eigenvalue weighted by Crippen LogP contribution is 2.41. The van der Waals surface area contributed by atoms with Crippen molar-refractivity contribution in [3.8, 4) is 0 Å². The second kappa shape index (κ2) is 7.37. The maximum atomic E-state index is 13.7. The Morgan fingerprint density at radius 3 is 2.48 bits per heavy atom. The number of hydrogen-bond donors (Lipinski definition) is 0. The number of nitro groups is 1. The molecule has 1 atom stereocenters. The Hall–Kier alpha value is -4.33. The van der Waals surface area contributed by atoms with Gasteiger partial charge in [0.05, 0.1) is 21.9 Å². The van der Waals surface area contributed by atoms with Crippen LogP contribution in [0, 0.1) is 30.9 Å².